The maximum absolute atomic E-state index is 12.6. The van der Waals surface area contributed by atoms with E-state index in [1.807, 2.05) is 0 Å². The van der Waals surface area contributed by atoms with Gasteiger partial charge in [0.1, 0.15) is 16.4 Å². The van der Waals surface area contributed by atoms with Crippen LogP contribution in [-0.4, -0.2) is 61.0 Å². The molecule has 7 nitrogen and oxygen atoms in total. The minimum Gasteiger partial charge on any atom is -0.497 e. The zero-order valence-corrected chi connectivity index (χ0v) is 13.6. The van der Waals surface area contributed by atoms with E-state index < -0.39 is 16.3 Å². The SMILES string of the molecule is COc1ccc(OC)c(S(=O)(=O)N(C)CC(OC)OC)c1. The first-order valence-electron chi connectivity index (χ1n) is 6.14. The lowest BCUT2D eigenvalue weighted by atomic mass is 10.3. The first-order valence-corrected chi connectivity index (χ1v) is 7.58. The fourth-order valence-electron chi connectivity index (χ4n) is 1.71. The molecule has 0 N–H and O–H groups in total. The number of hydrogen-bond donors (Lipinski definition) is 0. The van der Waals surface area contributed by atoms with Crippen LogP contribution in [0.5, 0.6) is 11.5 Å². The minimum absolute atomic E-state index is 0.0257. The molecule has 0 aliphatic rings. The minimum atomic E-state index is -3.76. The highest BCUT2D eigenvalue weighted by Gasteiger charge is 2.27. The number of nitrogens with zero attached hydrogens (tertiary/aromatic N) is 1. The maximum Gasteiger partial charge on any atom is 0.246 e. The van der Waals surface area contributed by atoms with Gasteiger partial charge in [0.25, 0.3) is 0 Å². The molecule has 0 aliphatic heterocycles. The number of benzene rings is 1. The summed E-state index contributed by atoms with van der Waals surface area (Å²) >= 11 is 0. The standard InChI is InChI=1S/C13H21NO6S/c1-14(9-13(19-4)20-5)21(15,16)12-8-10(17-2)6-7-11(12)18-3/h6-8,13H,9H2,1-5H3. The van der Waals surface area contributed by atoms with E-state index in [4.69, 9.17) is 18.9 Å². The van der Waals surface area contributed by atoms with Crippen LogP contribution in [0.3, 0.4) is 0 Å². The van der Waals surface area contributed by atoms with Gasteiger partial charge >= 0.3 is 0 Å². The van der Waals surface area contributed by atoms with E-state index in [1.165, 1.54) is 41.6 Å². The van der Waals surface area contributed by atoms with Crippen molar-refractivity contribution >= 4 is 10.0 Å². The Morgan fingerprint density at radius 3 is 2.19 bits per heavy atom. The Labute approximate surface area is 125 Å². The molecule has 0 bridgehead atoms. The molecule has 0 fully saturated rings. The van der Waals surface area contributed by atoms with Gasteiger partial charge < -0.3 is 18.9 Å². The number of likely N-dealkylation sites (N-methyl/N-ethyl adjacent to an activating group) is 1. The Balaban J connectivity index is 3.17. The van der Waals surface area contributed by atoms with Crippen LogP contribution in [0.25, 0.3) is 0 Å². The lowest BCUT2D eigenvalue weighted by Gasteiger charge is -2.22. The van der Waals surface area contributed by atoms with Gasteiger partial charge in [0.2, 0.25) is 10.0 Å². The molecule has 0 radical (unpaired) electrons. The molecular formula is C13H21NO6S. The van der Waals surface area contributed by atoms with E-state index in [1.54, 1.807) is 12.1 Å². The quantitative estimate of drug-likeness (QED) is 0.664. The molecule has 0 unspecified atom stereocenters. The molecule has 21 heavy (non-hydrogen) atoms. The lowest BCUT2D eigenvalue weighted by molar-refractivity contribution is -0.106. The Bertz CT molecular complexity index is 556. The summed E-state index contributed by atoms with van der Waals surface area (Å²) in [5, 5.41) is 0. The fraction of sp³-hybridized carbons (Fsp3) is 0.538. The molecule has 0 spiro atoms. The molecule has 0 amide bonds. The number of rotatable bonds is 8. The van der Waals surface area contributed by atoms with Crippen LogP contribution >= 0.6 is 0 Å². The molecule has 0 heterocycles. The molecular weight excluding hydrogens is 298 g/mol. The van der Waals surface area contributed by atoms with Gasteiger partial charge in [-0.15, -0.1) is 0 Å². The van der Waals surface area contributed by atoms with E-state index in [2.05, 4.69) is 0 Å². The zero-order chi connectivity index (χ0) is 16.0. The highest BCUT2D eigenvalue weighted by molar-refractivity contribution is 7.89. The van der Waals surface area contributed by atoms with Crippen molar-refractivity contribution < 1.29 is 27.4 Å². The van der Waals surface area contributed by atoms with Crippen LogP contribution in [0.4, 0.5) is 0 Å². The van der Waals surface area contributed by atoms with Gasteiger partial charge in [-0.1, -0.05) is 0 Å². The number of hydrogen-bond acceptors (Lipinski definition) is 6. The maximum atomic E-state index is 12.6. The van der Waals surface area contributed by atoms with Crippen molar-refractivity contribution in [3.05, 3.63) is 18.2 Å². The number of methoxy groups -OCH3 is 4. The monoisotopic (exact) mass is 319 g/mol. The number of sulfonamides is 1. The third-order valence-corrected chi connectivity index (χ3v) is 4.84. The van der Waals surface area contributed by atoms with E-state index in [-0.39, 0.29) is 17.2 Å². The Morgan fingerprint density at radius 1 is 1.10 bits per heavy atom. The normalized spacial score (nSPS) is 12.0. The Morgan fingerprint density at radius 2 is 1.71 bits per heavy atom. The van der Waals surface area contributed by atoms with Gasteiger partial charge in [0.15, 0.2) is 6.29 Å². The smallest absolute Gasteiger partial charge is 0.246 e. The Kier molecular flexibility index (Phi) is 6.41. The second-order valence-corrected chi connectivity index (χ2v) is 6.22. The summed E-state index contributed by atoms with van der Waals surface area (Å²) in [5.74, 6) is 0.673. The first-order chi connectivity index (χ1) is 9.90. The van der Waals surface area contributed by atoms with E-state index in [0.717, 1.165) is 4.31 Å². The van der Waals surface area contributed by atoms with Crippen LogP contribution in [0.2, 0.25) is 0 Å². The third-order valence-electron chi connectivity index (χ3n) is 2.99. The summed E-state index contributed by atoms with van der Waals surface area (Å²) in [6, 6.07) is 4.59. The summed E-state index contributed by atoms with van der Waals surface area (Å²) in [7, 11) is 3.45. The lowest BCUT2D eigenvalue weighted by Crippen LogP contribution is -2.36. The largest absolute Gasteiger partial charge is 0.497 e. The van der Waals surface area contributed by atoms with Gasteiger partial charge in [-0.2, -0.15) is 4.31 Å². The van der Waals surface area contributed by atoms with Crippen LogP contribution < -0.4 is 9.47 Å². The van der Waals surface area contributed by atoms with Crippen molar-refractivity contribution in [2.45, 2.75) is 11.2 Å². The van der Waals surface area contributed by atoms with E-state index >= 15 is 0 Å². The fourth-order valence-corrected chi connectivity index (χ4v) is 3.03. The molecule has 1 aromatic carbocycles. The van der Waals surface area contributed by atoms with Crippen LogP contribution in [0.1, 0.15) is 0 Å². The van der Waals surface area contributed by atoms with Crippen molar-refractivity contribution in [2.75, 3.05) is 42.0 Å². The summed E-state index contributed by atoms with van der Waals surface area (Å²) in [6.45, 7) is 0.0513. The van der Waals surface area contributed by atoms with Crippen molar-refractivity contribution in [3.63, 3.8) is 0 Å². The molecule has 0 aromatic heterocycles. The summed E-state index contributed by atoms with van der Waals surface area (Å²) in [6.07, 6.45) is -0.652. The zero-order valence-electron chi connectivity index (χ0n) is 12.8. The van der Waals surface area contributed by atoms with Crippen molar-refractivity contribution in [1.82, 2.24) is 4.31 Å². The molecule has 0 saturated carbocycles. The summed E-state index contributed by atoms with van der Waals surface area (Å²) in [4.78, 5) is 0.0257. The summed E-state index contributed by atoms with van der Waals surface area (Å²) in [5.41, 5.74) is 0. The van der Waals surface area contributed by atoms with Gasteiger partial charge in [0, 0.05) is 27.3 Å². The van der Waals surface area contributed by atoms with Crippen LogP contribution in [0.15, 0.2) is 23.1 Å². The van der Waals surface area contributed by atoms with Gasteiger partial charge in [-0.25, -0.2) is 8.42 Å². The first kappa shape index (κ1) is 17.7. The topological polar surface area (TPSA) is 74.3 Å². The predicted octanol–water partition coefficient (Wildman–Crippen LogP) is 0.943. The average molecular weight is 319 g/mol. The second-order valence-electron chi connectivity index (χ2n) is 4.20. The van der Waals surface area contributed by atoms with Gasteiger partial charge in [0.05, 0.1) is 20.8 Å². The van der Waals surface area contributed by atoms with Crippen molar-refractivity contribution in [3.8, 4) is 11.5 Å². The third kappa shape index (κ3) is 4.07. The van der Waals surface area contributed by atoms with Crippen LogP contribution in [-0.2, 0) is 19.5 Å². The highest BCUT2D eigenvalue weighted by atomic mass is 32.2. The highest BCUT2D eigenvalue weighted by Crippen LogP contribution is 2.30. The molecule has 1 rings (SSSR count). The summed E-state index contributed by atoms with van der Waals surface area (Å²) < 4.78 is 46.6. The molecule has 0 atom stereocenters. The molecule has 0 aliphatic carbocycles. The van der Waals surface area contributed by atoms with Crippen molar-refractivity contribution in [1.29, 1.82) is 0 Å². The average Bonchev–Trinajstić information content (AvgIpc) is 2.51. The van der Waals surface area contributed by atoms with E-state index in [9.17, 15) is 8.42 Å². The second kappa shape index (κ2) is 7.60. The van der Waals surface area contributed by atoms with Gasteiger partial charge in [-0.05, 0) is 12.1 Å². The number of ether oxygens (including phenoxy) is 4. The molecule has 0 saturated heterocycles. The molecule has 8 heteroatoms. The van der Waals surface area contributed by atoms with Crippen LogP contribution in [0, 0.1) is 0 Å². The van der Waals surface area contributed by atoms with E-state index in [0.29, 0.717) is 5.75 Å². The van der Waals surface area contributed by atoms with Crippen molar-refractivity contribution in [2.24, 2.45) is 0 Å². The van der Waals surface area contributed by atoms with Gasteiger partial charge in [-0.3, -0.25) is 0 Å². The predicted molar refractivity (Wildman–Crippen MR) is 77.2 cm³/mol. The Hall–Kier alpha value is -1.35. The molecule has 1 aromatic rings. The molecule has 120 valence electrons.